The van der Waals surface area contributed by atoms with E-state index in [0.29, 0.717) is 17.5 Å². The number of rotatable bonds is 5. The highest BCUT2D eigenvalue weighted by Gasteiger charge is 2.20. The fourth-order valence-corrected chi connectivity index (χ4v) is 8.23. The van der Waals surface area contributed by atoms with Gasteiger partial charge in [-0.15, -0.1) is 11.3 Å². The molecule has 0 aliphatic carbocycles. The van der Waals surface area contributed by atoms with Crippen LogP contribution in [0.4, 0.5) is 0 Å². The second-order valence-corrected chi connectivity index (χ2v) is 13.4. The van der Waals surface area contributed by atoms with Crippen LogP contribution in [0.5, 0.6) is 0 Å². The summed E-state index contributed by atoms with van der Waals surface area (Å²) in [7, 11) is 0. The summed E-state index contributed by atoms with van der Waals surface area (Å²) in [5, 5.41) is 5.01. The number of benzene rings is 6. The monoisotopic (exact) mass is 654 g/mol. The first-order valence-corrected chi connectivity index (χ1v) is 17.4. The Morgan fingerprint density at radius 1 is 0.480 bits per heavy atom. The second kappa shape index (κ2) is 11.5. The van der Waals surface area contributed by atoms with Crippen LogP contribution < -0.4 is 0 Å². The van der Waals surface area contributed by atoms with Crippen molar-refractivity contribution >= 4 is 53.3 Å². The molecule has 0 bridgehead atoms. The summed E-state index contributed by atoms with van der Waals surface area (Å²) in [6.07, 6.45) is 0. The lowest BCUT2D eigenvalue weighted by atomic mass is 10.0. The number of thiophene rings is 1. The molecule has 0 atom stereocenters. The van der Waals surface area contributed by atoms with Crippen LogP contribution in [0.25, 0.3) is 93.0 Å². The zero-order valence-corrected chi connectivity index (χ0v) is 27.5. The molecule has 0 N–H and O–H groups in total. The summed E-state index contributed by atoms with van der Waals surface area (Å²) >= 11 is 1.86. The predicted octanol–water partition coefficient (Wildman–Crippen LogP) is 11.6. The third-order valence-corrected chi connectivity index (χ3v) is 10.5. The Hall–Kier alpha value is -6.61. The first kappa shape index (κ1) is 28.4. The number of para-hydroxylation sites is 1. The van der Waals surface area contributed by atoms with Gasteiger partial charge in [0.05, 0.1) is 21.3 Å². The van der Waals surface area contributed by atoms with Crippen molar-refractivity contribution in [2.75, 3.05) is 0 Å². The molecule has 0 saturated heterocycles. The molecule has 7 aromatic carbocycles. The van der Waals surface area contributed by atoms with Crippen LogP contribution in [0.2, 0.25) is 0 Å². The van der Waals surface area contributed by atoms with Crippen molar-refractivity contribution in [2.24, 2.45) is 0 Å². The first-order chi connectivity index (χ1) is 24.8. The van der Waals surface area contributed by atoms with Gasteiger partial charge in [0.1, 0.15) is 0 Å². The Kier molecular flexibility index (Phi) is 6.55. The molecule has 50 heavy (non-hydrogen) atoms. The van der Waals surface area contributed by atoms with Crippen molar-refractivity contribution in [2.45, 2.75) is 0 Å². The Morgan fingerprint density at radius 3 is 1.94 bits per heavy atom. The van der Waals surface area contributed by atoms with Gasteiger partial charge in [-0.25, -0.2) is 15.0 Å². The van der Waals surface area contributed by atoms with E-state index >= 15 is 0 Å². The number of hydrogen-bond acceptors (Lipinski definition) is 4. The molecule has 3 heterocycles. The summed E-state index contributed by atoms with van der Waals surface area (Å²) < 4.78 is 4.99. The van der Waals surface area contributed by atoms with Gasteiger partial charge >= 0.3 is 0 Å². The van der Waals surface area contributed by atoms with Crippen LogP contribution in [0, 0.1) is 12.1 Å². The van der Waals surface area contributed by atoms with Crippen molar-refractivity contribution in [1.29, 1.82) is 0 Å². The topological polar surface area (TPSA) is 43.6 Å². The summed E-state index contributed by atoms with van der Waals surface area (Å²) in [6, 6.07) is 61.3. The molecule has 0 saturated carbocycles. The van der Waals surface area contributed by atoms with Crippen LogP contribution in [0.3, 0.4) is 0 Å². The van der Waals surface area contributed by atoms with Gasteiger partial charge in [0, 0.05) is 43.1 Å². The number of fused-ring (bicyclic) bond motifs is 7. The Labute approximate surface area is 292 Å². The highest BCUT2D eigenvalue weighted by Crippen LogP contribution is 2.43. The minimum atomic E-state index is 0.557. The molecular formula is C45H26N4S. The normalized spacial score (nSPS) is 11.4. The minimum absolute atomic E-state index is 0.557. The van der Waals surface area contributed by atoms with Crippen molar-refractivity contribution in [3.63, 3.8) is 0 Å². The SMILES string of the molecule is c1cccc(-c2nc(-c3ccccc3)nc(-c3cc(-c4ccccc4)cc(-n4c5ccccc5c5ccc6c7ccccc7sc6c54)c3)n2)c#1. The maximum absolute atomic E-state index is 5.11. The largest absolute Gasteiger partial charge is 0.308 e. The summed E-state index contributed by atoms with van der Waals surface area (Å²) in [5.41, 5.74) is 8.18. The minimum Gasteiger partial charge on any atom is -0.308 e. The highest BCUT2D eigenvalue weighted by atomic mass is 32.1. The van der Waals surface area contributed by atoms with E-state index < -0.39 is 0 Å². The van der Waals surface area contributed by atoms with Crippen LogP contribution in [0.1, 0.15) is 0 Å². The lowest BCUT2D eigenvalue weighted by Gasteiger charge is -2.14. The summed E-state index contributed by atoms with van der Waals surface area (Å²) in [6.45, 7) is 0. The number of nitrogens with zero attached hydrogens (tertiary/aromatic N) is 4. The van der Waals surface area contributed by atoms with E-state index in [4.69, 9.17) is 15.0 Å². The van der Waals surface area contributed by atoms with Crippen LogP contribution >= 0.6 is 11.3 Å². The summed E-state index contributed by atoms with van der Waals surface area (Å²) in [5.74, 6) is 1.76. The van der Waals surface area contributed by atoms with Crippen molar-refractivity contribution in [3.8, 4) is 51.0 Å². The molecule has 5 heteroatoms. The molecule has 0 aliphatic rings. The van der Waals surface area contributed by atoms with Gasteiger partial charge in [-0.05, 0) is 53.6 Å². The molecule has 4 nitrogen and oxygen atoms in total. The van der Waals surface area contributed by atoms with Crippen molar-refractivity contribution in [3.05, 3.63) is 170 Å². The van der Waals surface area contributed by atoms with Gasteiger partial charge in [0.2, 0.25) is 0 Å². The smallest absolute Gasteiger partial charge is 0.172 e. The van der Waals surface area contributed by atoms with Crippen molar-refractivity contribution < 1.29 is 0 Å². The predicted molar refractivity (Wildman–Crippen MR) is 206 cm³/mol. The fourth-order valence-electron chi connectivity index (χ4n) is 6.99. The molecule has 232 valence electrons. The molecule has 0 amide bonds. The molecule has 0 aliphatic heterocycles. The first-order valence-electron chi connectivity index (χ1n) is 16.5. The average molecular weight is 655 g/mol. The fraction of sp³-hybridized carbons (Fsp3) is 0. The lowest BCUT2D eigenvalue weighted by molar-refractivity contribution is 1.07. The standard InChI is InChI=1S/C45H26N4S/c1-4-14-29(15-5-1)32-26-33(45-47-43(30-16-6-2-7-17-30)46-44(48-45)31-18-8-3-9-19-31)28-34(27-32)49-39-22-12-10-20-35(39)37-24-25-38-36-21-11-13-23-40(36)50-42(38)41(37)49/h1-8,10-18,20-28H. The van der Waals surface area contributed by atoms with E-state index in [9.17, 15) is 0 Å². The Morgan fingerprint density at radius 2 is 1.14 bits per heavy atom. The highest BCUT2D eigenvalue weighted by molar-refractivity contribution is 7.26. The van der Waals surface area contributed by atoms with Gasteiger partial charge in [-0.1, -0.05) is 127 Å². The average Bonchev–Trinajstić information content (AvgIpc) is 3.75. The van der Waals surface area contributed by atoms with Crippen LogP contribution in [-0.4, -0.2) is 19.5 Å². The van der Waals surface area contributed by atoms with Crippen LogP contribution in [-0.2, 0) is 0 Å². The van der Waals surface area contributed by atoms with E-state index in [1.54, 1.807) is 0 Å². The van der Waals surface area contributed by atoms with Gasteiger partial charge in [-0.3, -0.25) is 0 Å². The third-order valence-electron chi connectivity index (χ3n) is 9.28. The van der Waals surface area contributed by atoms with Crippen molar-refractivity contribution in [1.82, 2.24) is 19.5 Å². The second-order valence-electron chi connectivity index (χ2n) is 12.3. The molecule has 0 fully saturated rings. The Bertz CT molecular complexity index is 2800. The maximum atomic E-state index is 5.11. The van der Waals surface area contributed by atoms with Gasteiger partial charge < -0.3 is 4.57 Å². The van der Waals surface area contributed by atoms with E-state index in [-0.39, 0.29) is 0 Å². The Balaban J connectivity index is 1.29. The van der Waals surface area contributed by atoms with E-state index in [1.807, 2.05) is 59.9 Å². The molecule has 3 aromatic heterocycles. The molecule has 0 spiro atoms. The van der Waals surface area contributed by atoms with Gasteiger partial charge in [-0.2, -0.15) is 0 Å². The zero-order chi connectivity index (χ0) is 33.0. The molecule has 10 rings (SSSR count). The maximum Gasteiger partial charge on any atom is 0.172 e. The molecule has 0 radical (unpaired) electrons. The van der Waals surface area contributed by atoms with Crippen LogP contribution in [0.15, 0.2) is 158 Å². The van der Waals surface area contributed by atoms with Gasteiger partial charge in [0.25, 0.3) is 0 Å². The number of hydrogen-bond donors (Lipinski definition) is 0. The van der Waals surface area contributed by atoms with Gasteiger partial charge in [0.15, 0.2) is 17.5 Å². The summed E-state index contributed by atoms with van der Waals surface area (Å²) in [4.78, 5) is 15.1. The zero-order valence-electron chi connectivity index (χ0n) is 26.7. The third kappa shape index (κ3) is 4.66. The number of aromatic nitrogens is 4. The van der Waals surface area contributed by atoms with E-state index in [1.165, 1.54) is 36.5 Å². The van der Waals surface area contributed by atoms with E-state index in [2.05, 4.69) is 126 Å². The quantitative estimate of drug-likeness (QED) is 0.185. The lowest BCUT2D eigenvalue weighted by Crippen LogP contribution is -2.01. The molecule has 0 unspecified atom stereocenters. The molecule has 10 aromatic rings. The van der Waals surface area contributed by atoms with E-state index in [0.717, 1.165) is 39.0 Å². The molecular weight excluding hydrogens is 629 g/mol.